The lowest BCUT2D eigenvalue weighted by atomic mass is 9.87. The zero-order valence-electron chi connectivity index (χ0n) is 11.2. The average molecular weight is 243 g/mol. The van der Waals surface area contributed by atoms with Gasteiger partial charge in [-0.15, -0.1) is 0 Å². The summed E-state index contributed by atoms with van der Waals surface area (Å²) < 4.78 is 0. The SMILES string of the molecule is CC(C)C1=CC(=O)C2=C(N=CC(C)(C)C=C2)C1=O. The van der Waals surface area contributed by atoms with Gasteiger partial charge in [0.25, 0.3) is 0 Å². The Balaban J connectivity index is 2.52. The molecule has 3 heteroatoms. The van der Waals surface area contributed by atoms with Gasteiger partial charge in [-0.2, -0.15) is 0 Å². The van der Waals surface area contributed by atoms with Crippen molar-refractivity contribution in [3.63, 3.8) is 0 Å². The van der Waals surface area contributed by atoms with Crippen LogP contribution in [0.2, 0.25) is 0 Å². The minimum Gasteiger partial charge on any atom is -0.289 e. The largest absolute Gasteiger partial charge is 0.289 e. The lowest BCUT2D eigenvalue weighted by Gasteiger charge is -2.16. The summed E-state index contributed by atoms with van der Waals surface area (Å²) in [6, 6.07) is 0. The highest BCUT2D eigenvalue weighted by atomic mass is 16.1. The molecule has 0 aromatic rings. The fraction of sp³-hybridized carbons (Fsp3) is 0.400. The van der Waals surface area contributed by atoms with Crippen molar-refractivity contribution < 1.29 is 9.59 Å². The van der Waals surface area contributed by atoms with Crippen LogP contribution >= 0.6 is 0 Å². The Bertz CT molecular complexity index is 543. The van der Waals surface area contributed by atoms with Gasteiger partial charge >= 0.3 is 0 Å². The van der Waals surface area contributed by atoms with Gasteiger partial charge in [-0.3, -0.25) is 14.6 Å². The summed E-state index contributed by atoms with van der Waals surface area (Å²) in [6.07, 6.45) is 6.79. The Kier molecular flexibility index (Phi) is 2.93. The molecular formula is C15H17NO2. The Morgan fingerprint density at radius 3 is 2.50 bits per heavy atom. The molecule has 0 saturated heterocycles. The van der Waals surface area contributed by atoms with Crippen molar-refractivity contribution >= 4 is 17.8 Å². The summed E-state index contributed by atoms with van der Waals surface area (Å²) in [5.41, 5.74) is 0.999. The molecule has 18 heavy (non-hydrogen) atoms. The Morgan fingerprint density at radius 2 is 1.89 bits per heavy atom. The lowest BCUT2D eigenvalue weighted by molar-refractivity contribution is -0.116. The van der Waals surface area contributed by atoms with Gasteiger partial charge in [-0.05, 0) is 12.0 Å². The van der Waals surface area contributed by atoms with Crippen molar-refractivity contribution in [2.24, 2.45) is 16.3 Å². The average Bonchev–Trinajstić information content (AvgIpc) is 2.42. The highest BCUT2D eigenvalue weighted by molar-refractivity contribution is 6.24. The fourth-order valence-corrected chi connectivity index (χ4v) is 1.95. The number of carbonyl (C=O) groups is 2. The van der Waals surface area contributed by atoms with Gasteiger partial charge in [0, 0.05) is 17.2 Å². The third-order valence-electron chi connectivity index (χ3n) is 3.11. The van der Waals surface area contributed by atoms with E-state index in [1.807, 2.05) is 33.8 Å². The normalized spacial score (nSPS) is 22.2. The first-order valence-electron chi connectivity index (χ1n) is 6.11. The maximum absolute atomic E-state index is 12.3. The highest BCUT2D eigenvalue weighted by Crippen LogP contribution is 2.29. The summed E-state index contributed by atoms with van der Waals surface area (Å²) in [4.78, 5) is 28.6. The summed E-state index contributed by atoms with van der Waals surface area (Å²) in [5, 5.41) is 0. The van der Waals surface area contributed by atoms with Crippen molar-refractivity contribution in [2.75, 3.05) is 0 Å². The molecule has 2 aliphatic rings. The number of carbonyl (C=O) groups excluding carboxylic acids is 2. The molecule has 0 aromatic carbocycles. The molecule has 0 fully saturated rings. The molecule has 1 aliphatic heterocycles. The first-order chi connectivity index (χ1) is 8.32. The number of nitrogens with zero attached hydrogens (tertiary/aromatic N) is 1. The zero-order valence-corrected chi connectivity index (χ0v) is 11.2. The maximum Gasteiger partial charge on any atom is 0.208 e. The van der Waals surface area contributed by atoms with Crippen LogP contribution in [0.5, 0.6) is 0 Å². The smallest absolute Gasteiger partial charge is 0.208 e. The maximum atomic E-state index is 12.3. The Labute approximate surface area is 107 Å². The van der Waals surface area contributed by atoms with Crippen LogP contribution in [0, 0.1) is 11.3 Å². The topological polar surface area (TPSA) is 46.5 Å². The van der Waals surface area contributed by atoms with Crippen molar-refractivity contribution in [1.29, 1.82) is 0 Å². The molecule has 3 nitrogen and oxygen atoms in total. The van der Waals surface area contributed by atoms with E-state index in [0.717, 1.165) is 0 Å². The molecule has 0 atom stereocenters. The van der Waals surface area contributed by atoms with Gasteiger partial charge in [0.15, 0.2) is 5.78 Å². The van der Waals surface area contributed by atoms with E-state index in [4.69, 9.17) is 0 Å². The van der Waals surface area contributed by atoms with Gasteiger partial charge in [0.05, 0.1) is 5.57 Å². The molecular weight excluding hydrogens is 226 g/mol. The van der Waals surface area contributed by atoms with Crippen LogP contribution in [-0.4, -0.2) is 17.8 Å². The van der Waals surface area contributed by atoms with E-state index < -0.39 is 0 Å². The van der Waals surface area contributed by atoms with E-state index in [-0.39, 0.29) is 28.6 Å². The van der Waals surface area contributed by atoms with E-state index in [0.29, 0.717) is 11.1 Å². The molecule has 0 bridgehead atoms. The summed E-state index contributed by atoms with van der Waals surface area (Å²) in [7, 11) is 0. The predicted molar refractivity (Wildman–Crippen MR) is 71.4 cm³/mol. The van der Waals surface area contributed by atoms with Gasteiger partial charge in [0.2, 0.25) is 5.78 Å². The van der Waals surface area contributed by atoms with E-state index in [1.54, 1.807) is 12.3 Å². The highest BCUT2D eigenvalue weighted by Gasteiger charge is 2.30. The molecule has 94 valence electrons. The second-order valence-corrected chi connectivity index (χ2v) is 5.62. The molecule has 0 spiro atoms. The number of Topliss-reactive ketones (excluding diaryl/α,β-unsaturated/α-hetero) is 1. The first-order valence-corrected chi connectivity index (χ1v) is 6.11. The molecule has 0 unspecified atom stereocenters. The van der Waals surface area contributed by atoms with Crippen LogP contribution in [0.1, 0.15) is 27.7 Å². The quantitative estimate of drug-likeness (QED) is 0.665. The number of ketones is 2. The van der Waals surface area contributed by atoms with Crippen LogP contribution in [0.4, 0.5) is 0 Å². The molecule has 2 rings (SSSR count). The Morgan fingerprint density at radius 1 is 1.22 bits per heavy atom. The van der Waals surface area contributed by atoms with Gasteiger partial charge < -0.3 is 0 Å². The molecule has 0 aromatic heterocycles. The minimum atomic E-state index is -0.240. The third kappa shape index (κ3) is 2.13. The van der Waals surface area contributed by atoms with Gasteiger partial charge in [-0.1, -0.05) is 39.8 Å². The second-order valence-electron chi connectivity index (χ2n) is 5.62. The van der Waals surface area contributed by atoms with Crippen LogP contribution in [0.3, 0.4) is 0 Å². The summed E-state index contributed by atoms with van der Waals surface area (Å²) in [5.74, 6) is -0.219. The molecule has 0 radical (unpaired) electrons. The second kappa shape index (κ2) is 4.16. The summed E-state index contributed by atoms with van der Waals surface area (Å²) >= 11 is 0. The Hall–Kier alpha value is -1.77. The molecule has 0 N–H and O–H groups in total. The molecule has 0 saturated carbocycles. The molecule has 0 amide bonds. The molecule has 1 aliphatic carbocycles. The first kappa shape index (κ1) is 12.7. The van der Waals surface area contributed by atoms with E-state index in [9.17, 15) is 9.59 Å². The van der Waals surface area contributed by atoms with Crippen molar-refractivity contribution in [1.82, 2.24) is 0 Å². The van der Waals surface area contributed by atoms with Gasteiger partial charge in [-0.25, -0.2) is 0 Å². The van der Waals surface area contributed by atoms with Crippen LogP contribution in [0.15, 0.2) is 40.1 Å². The predicted octanol–water partition coefficient (Wildman–Crippen LogP) is 2.64. The van der Waals surface area contributed by atoms with E-state index >= 15 is 0 Å². The van der Waals surface area contributed by atoms with Crippen LogP contribution < -0.4 is 0 Å². The standard InChI is InChI=1S/C15H17NO2/c1-9(2)11-7-12(17)10-5-6-15(3,4)8-16-13(10)14(11)18/h5-9H,1-4H3. The number of allylic oxidation sites excluding steroid dienone is 5. The van der Waals surface area contributed by atoms with E-state index in [2.05, 4.69) is 4.99 Å². The number of hydrogen-bond acceptors (Lipinski definition) is 3. The summed E-state index contributed by atoms with van der Waals surface area (Å²) in [6.45, 7) is 7.78. The fourth-order valence-electron chi connectivity index (χ4n) is 1.95. The molecule has 1 heterocycles. The lowest BCUT2D eigenvalue weighted by Crippen LogP contribution is -2.20. The van der Waals surface area contributed by atoms with Crippen LogP contribution in [-0.2, 0) is 9.59 Å². The minimum absolute atomic E-state index is 0.0333. The van der Waals surface area contributed by atoms with Crippen LogP contribution in [0.25, 0.3) is 0 Å². The number of aliphatic imine (C=N–C) groups is 1. The monoisotopic (exact) mass is 243 g/mol. The zero-order chi connectivity index (χ0) is 13.5. The van der Waals surface area contributed by atoms with E-state index in [1.165, 1.54) is 6.08 Å². The van der Waals surface area contributed by atoms with Crippen molar-refractivity contribution in [3.05, 3.63) is 35.1 Å². The van der Waals surface area contributed by atoms with Gasteiger partial charge in [0.1, 0.15) is 5.70 Å². The third-order valence-corrected chi connectivity index (χ3v) is 3.11. The number of rotatable bonds is 1. The van der Waals surface area contributed by atoms with Crippen molar-refractivity contribution in [3.8, 4) is 0 Å². The number of hydrogen-bond donors (Lipinski definition) is 0. The van der Waals surface area contributed by atoms with Crippen molar-refractivity contribution in [2.45, 2.75) is 27.7 Å².